The summed E-state index contributed by atoms with van der Waals surface area (Å²) >= 11 is 5.66. The molecule has 1 heterocycles. The smallest absolute Gasteiger partial charge is 0.241 e. The number of nitrogens with one attached hydrogen (secondary N) is 2. The lowest BCUT2D eigenvalue weighted by molar-refractivity contribution is -0.119. The number of amides is 1. The van der Waals surface area contributed by atoms with Crippen molar-refractivity contribution in [2.45, 2.75) is 25.8 Å². The first-order valence-corrected chi connectivity index (χ1v) is 6.44. The topological polar surface area (TPSA) is 41.1 Å². The molecule has 3 nitrogen and oxygen atoms in total. The number of carbonyl (C=O) groups is 1. The molecule has 1 fully saturated rings. The van der Waals surface area contributed by atoms with E-state index in [2.05, 4.69) is 17.6 Å². The van der Waals surface area contributed by atoms with Gasteiger partial charge in [0.15, 0.2) is 5.82 Å². The predicted molar refractivity (Wildman–Crippen MR) is 70.2 cm³/mol. The fourth-order valence-corrected chi connectivity index (χ4v) is 2.30. The molecule has 0 saturated carbocycles. The molecule has 1 aliphatic heterocycles. The number of hydrogen-bond acceptors (Lipinski definition) is 2. The van der Waals surface area contributed by atoms with Crippen molar-refractivity contribution in [1.29, 1.82) is 0 Å². The van der Waals surface area contributed by atoms with E-state index < -0.39 is 5.82 Å². The van der Waals surface area contributed by atoms with E-state index in [1.54, 1.807) is 6.07 Å². The Bertz CT molecular complexity index is 453. The Labute approximate surface area is 111 Å². The standard InChI is InChI=1S/C13H16ClFN2O/c1-8-5-6-16-11(7-8)13(18)17-10-4-2-3-9(14)12(10)15/h2-4,8,11,16H,5-7H2,1H3,(H,17,18). The Balaban J connectivity index is 2.04. The lowest BCUT2D eigenvalue weighted by Gasteiger charge is -2.27. The lowest BCUT2D eigenvalue weighted by Crippen LogP contribution is -2.45. The molecule has 1 aromatic carbocycles. The van der Waals surface area contributed by atoms with E-state index in [9.17, 15) is 9.18 Å². The van der Waals surface area contributed by atoms with Gasteiger partial charge in [-0.05, 0) is 37.4 Å². The van der Waals surface area contributed by atoms with Crippen LogP contribution in [0.15, 0.2) is 18.2 Å². The van der Waals surface area contributed by atoms with Crippen molar-refractivity contribution in [3.05, 3.63) is 29.0 Å². The zero-order valence-corrected chi connectivity index (χ0v) is 10.9. The van der Waals surface area contributed by atoms with Gasteiger partial charge >= 0.3 is 0 Å². The highest BCUT2D eigenvalue weighted by Crippen LogP contribution is 2.23. The van der Waals surface area contributed by atoms with Crippen LogP contribution in [0.1, 0.15) is 19.8 Å². The monoisotopic (exact) mass is 270 g/mol. The van der Waals surface area contributed by atoms with Gasteiger partial charge in [-0.15, -0.1) is 0 Å². The fourth-order valence-electron chi connectivity index (χ4n) is 2.13. The van der Waals surface area contributed by atoms with E-state index in [-0.39, 0.29) is 22.7 Å². The second-order valence-corrected chi connectivity index (χ2v) is 5.13. The van der Waals surface area contributed by atoms with Crippen LogP contribution in [-0.4, -0.2) is 18.5 Å². The Morgan fingerprint density at radius 2 is 2.33 bits per heavy atom. The van der Waals surface area contributed by atoms with Crippen molar-refractivity contribution >= 4 is 23.2 Å². The molecule has 2 rings (SSSR count). The number of anilines is 1. The van der Waals surface area contributed by atoms with Crippen LogP contribution in [0.2, 0.25) is 5.02 Å². The molecule has 1 amide bonds. The average Bonchev–Trinajstić information content (AvgIpc) is 2.35. The van der Waals surface area contributed by atoms with E-state index in [1.165, 1.54) is 12.1 Å². The maximum atomic E-state index is 13.6. The molecule has 98 valence electrons. The second kappa shape index (κ2) is 5.67. The molecule has 0 aromatic heterocycles. The van der Waals surface area contributed by atoms with Crippen molar-refractivity contribution < 1.29 is 9.18 Å². The molecule has 2 unspecified atom stereocenters. The summed E-state index contributed by atoms with van der Waals surface area (Å²) in [5.74, 6) is -0.287. The molecule has 0 bridgehead atoms. The summed E-state index contributed by atoms with van der Waals surface area (Å²) in [5.41, 5.74) is 0.132. The third-order valence-electron chi connectivity index (χ3n) is 3.19. The van der Waals surface area contributed by atoms with Gasteiger partial charge in [-0.3, -0.25) is 4.79 Å². The number of rotatable bonds is 2. The summed E-state index contributed by atoms with van der Waals surface area (Å²) in [6.45, 7) is 2.93. The van der Waals surface area contributed by atoms with Crippen LogP contribution in [0, 0.1) is 11.7 Å². The van der Waals surface area contributed by atoms with E-state index in [1.807, 2.05) is 0 Å². The second-order valence-electron chi connectivity index (χ2n) is 4.73. The summed E-state index contributed by atoms with van der Waals surface area (Å²) < 4.78 is 13.6. The predicted octanol–water partition coefficient (Wildman–Crippen LogP) is 2.81. The molecule has 0 spiro atoms. The summed E-state index contributed by atoms with van der Waals surface area (Å²) in [7, 11) is 0. The molecule has 0 radical (unpaired) electrons. The molecular formula is C13H16ClFN2O. The third-order valence-corrected chi connectivity index (χ3v) is 3.48. The highest BCUT2D eigenvalue weighted by molar-refractivity contribution is 6.31. The summed E-state index contributed by atoms with van der Waals surface area (Å²) in [4.78, 5) is 12.0. The van der Waals surface area contributed by atoms with Crippen LogP contribution in [0.3, 0.4) is 0 Å². The average molecular weight is 271 g/mol. The van der Waals surface area contributed by atoms with Gasteiger partial charge in [-0.1, -0.05) is 24.6 Å². The van der Waals surface area contributed by atoms with Gasteiger partial charge in [0, 0.05) is 0 Å². The van der Waals surface area contributed by atoms with Gasteiger partial charge in [0.05, 0.1) is 16.8 Å². The van der Waals surface area contributed by atoms with Crippen LogP contribution >= 0.6 is 11.6 Å². The van der Waals surface area contributed by atoms with Gasteiger partial charge in [-0.25, -0.2) is 4.39 Å². The largest absolute Gasteiger partial charge is 0.322 e. The number of benzene rings is 1. The minimum Gasteiger partial charge on any atom is -0.322 e. The molecule has 18 heavy (non-hydrogen) atoms. The van der Waals surface area contributed by atoms with Gasteiger partial charge in [0.2, 0.25) is 5.91 Å². The Hall–Kier alpha value is -1.13. The summed E-state index contributed by atoms with van der Waals surface area (Å²) in [6, 6.07) is 4.31. The molecule has 2 N–H and O–H groups in total. The first kappa shape index (κ1) is 13.3. The number of carbonyl (C=O) groups excluding carboxylic acids is 1. The molecule has 5 heteroatoms. The normalized spacial score (nSPS) is 23.7. The molecule has 2 atom stereocenters. The maximum absolute atomic E-state index is 13.6. The van der Waals surface area contributed by atoms with Gasteiger partial charge in [0.25, 0.3) is 0 Å². The molecule has 1 aliphatic rings. The van der Waals surface area contributed by atoms with Crippen molar-refractivity contribution in [2.75, 3.05) is 11.9 Å². The quantitative estimate of drug-likeness (QED) is 0.868. The summed E-state index contributed by atoms with van der Waals surface area (Å²) in [5, 5.41) is 5.73. The van der Waals surface area contributed by atoms with Crippen LogP contribution < -0.4 is 10.6 Å². The Morgan fingerprint density at radius 3 is 3.06 bits per heavy atom. The zero-order chi connectivity index (χ0) is 13.1. The van der Waals surface area contributed by atoms with Gasteiger partial charge in [0.1, 0.15) is 0 Å². The third kappa shape index (κ3) is 3.00. The maximum Gasteiger partial charge on any atom is 0.241 e. The summed E-state index contributed by atoms with van der Waals surface area (Å²) in [6.07, 6.45) is 1.84. The van der Waals surface area contributed by atoms with Gasteiger partial charge < -0.3 is 10.6 Å². The van der Waals surface area contributed by atoms with Crippen molar-refractivity contribution in [1.82, 2.24) is 5.32 Å². The highest BCUT2D eigenvalue weighted by atomic mass is 35.5. The van der Waals surface area contributed by atoms with Crippen molar-refractivity contribution in [3.8, 4) is 0 Å². The number of hydrogen-bond donors (Lipinski definition) is 2. The first-order valence-electron chi connectivity index (χ1n) is 6.06. The van der Waals surface area contributed by atoms with Crippen molar-refractivity contribution in [2.24, 2.45) is 5.92 Å². The van der Waals surface area contributed by atoms with Crippen molar-refractivity contribution in [3.63, 3.8) is 0 Å². The Kier molecular flexibility index (Phi) is 4.19. The van der Waals surface area contributed by atoms with E-state index >= 15 is 0 Å². The van der Waals surface area contributed by atoms with Crippen LogP contribution in [0.25, 0.3) is 0 Å². The Morgan fingerprint density at radius 1 is 1.56 bits per heavy atom. The van der Waals surface area contributed by atoms with Crippen LogP contribution in [0.4, 0.5) is 10.1 Å². The minimum atomic E-state index is -0.587. The van der Waals surface area contributed by atoms with E-state index in [4.69, 9.17) is 11.6 Å². The molecule has 1 aromatic rings. The first-order chi connectivity index (χ1) is 8.58. The van der Waals surface area contributed by atoms with Crippen LogP contribution in [-0.2, 0) is 4.79 Å². The van der Waals surface area contributed by atoms with Gasteiger partial charge in [-0.2, -0.15) is 0 Å². The SMILES string of the molecule is CC1CCNC(C(=O)Nc2cccc(Cl)c2F)C1. The number of piperidine rings is 1. The van der Waals surface area contributed by atoms with Crippen LogP contribution in [0.5, 0.6) is 0 Å². The minimum absolute atomic E-state index is 0.0118. The van der Waals surface area contributed by atoms with E-state index in [0.29, 0.717) is 5.92 Å². The molecule has 1 saturated heterocycles. The lowest BCUT2D eigenvalue weighted by atomic mass is 9.94. The fraction of sp³-hybridized carbons (Fsp3) is 0.462. The molecular weight excluding hydrogens is 255 g/mol. The van der Waals surface area contributed by atoms with E-state index in [0.717, 1.165) is 19.4 Å². The number of halogens is 2. The molecule has 0 aliphatic carbocycles. The highest BCUT2D eigenvalue weighted by Gasteiger charge is 2.25. The zero-order valence-electron chi connectivity index (χ0n) is 10.2.